The van der Waals surface area contributed by atoms with Crippen LogP contribution in [0.3, 0.4) is 0 Å². The van der Waals surface area contributed by atoms with E-state index in [1.54, 1.807) is 25.1 Å². The Morgan fingerprint density at radius 3 is 2.76 bits per heavy atom. The Morgan fingerprint density at radius 1 is 1.38 bits per heavy atom. The first-order valence-electron chi connectivity index (χ1n) is 6.76. The largest absolute Gasteiger partial charge is 0.466 e. The van der Waals surface area contributed by atoms with E-state index < -0.39 is 24.4 Å². The maximum absolute atomic E-state index is 12.4. The van der Waals surface area contributed by atoms with Gasteiger partial charge < -0.3 is 9.47 Å². The lowest BCUT2D eigenvalue weighted by molar-refractivity contribution is -0.148. The number of carbonyl (C=O) groups is 2. The predicted octanol–water partition coefficient (Wildman–Crippen LogP) is 2.91. The summed E-state index contributed by atoms with van der Waals surface area (Å²) in [5, 5.41) is 0. The molecule has 1 aromatic rings. The van der Waals surface area contributed by atoms with Crippen molar-refractivity contribution in [3.05, 3.63) is 29.8 Å². The van der Waals surface area contributed by atoms with E-state index in [-0.39, 0.29) is 31.0 Å². The van der Waals surface area contributed by atoms with Crippen molar-refractivity contribution >= 4 is 11.8 Å². The zero-order valence-electron chi connectivity index (χ0n) is 11.6. The second-order valence-corrected chi connectivity index (χ2v) is 4.82. The SMILES string of the molecule is CCOC(=O)[C@@H]1CC(=O)[C@@H](c2ccccc2OC(F)F)C1. The Kier molecular flexibility index (Phi) is 4.88. The van der Waals surface area contributed by atoms with Crippen LogP contribution in [0.5, 0.6) is 5.75 Å². The highest BCUT2D eigenvalue weighted by molar-refractivity contribution is 5.93. The van der Waals surface area contributed by atoms with E-state index in [0.717, 1.165) is 0 Å². The number of para-hydroxylation sites is 1. The molecule has 0 spiro atoms. The number of esters is 1. The number of rotatable bonds is 5. The zero-order chi connectivity index (χ0) is 15.4. The van der Waals surface area contributed by atoms with Crippen molar-refractivity contribution in [1.29, 1.82) is 0 Å². The third-order valence-corrected chi connectivity index (χ3v) is 3.49. The van der Waals surface area contributed by atoms with Gasteiger partial charge >= 0.3 is 12.6 Å². The molecule has 0 bridgehead atoms. The molecule has 1 aliphatic carbocycles. The topological polar surface area (TPSA) is 52.6 Å². The maximum atomic E-state index is 12.4. The molecule has 1 aliphatic rings. The smallest absolute Gasteiger partial charge is 0.387 e. The highest BCUT2D eigenvalue weighted by atomic mass is 19.3. The summed E-state index contributed by atoms with van der Waals surface area (Å²) in [4.78, 5) is 23.8. The van der Waals surface area contributed by atoms with Crippen LogP contribution in [-0.4, -0.2) is 25.0 Å². The Hall–Kier alpha value is -1.98. The van der Waals surface area contributed by atoms with E-state index >= 15 is 0 Å². The third kappa shape index (κ3) is 3.56. The first-order chi connectivity index (χ1) is 10.0. The summed E-state index contributed by atoms with van der Waals surface area (Å²) in [5.74, 6) is -1.70. The minimum atomic E-state index is -2.96. The number of ketones is 1. The van der Waals surface area contributed by atoms with Crippen LogP contribution in [0.15, 0.2) is 24.3 Å². The van der Waals surface area contributed by atoms with Crippen LogP contribution in [0.25, 0.3) is 0 Å². The van der Waals surface area contributed by atoms with Gasteiger partial charge in [-0.25, -0.2) is 0 Å². The molecule has 2 atom stereocenters. The second-order valence-electron chi connectivity index (χ2n) is 4.82. The lowest BCUT2D eigenvalue weighted by Gasteiger charge is -2.15. The van der Waals surface area contributed by atoms with E-state index in [1.807, 2.05) is 0 Å². The van der Waals surface area contributed by atoms with Crippen molar-refractivity contribution in [3.63, 3.8) is 0 Å². The number of benzene rings is 1. The summed E-state index contributed by atoms with van der Waals surface area (Å²) in [6.07, 6.45) is 0.341. The van der Waals surface area contributed by atoms with Gasteiger partial charge in [-0.1, -0.05) is 18.2 Å². The van der Waals surface area contributed by atoms with Gasteiger partial charge in [0, 0.05) is 17.9 Å². The highest BCUT2D eigenvalue weighted by Crippen LogP contribution is 2.40. The summed E-state index contributed by atoms with van der Waals surface area (Å²) in [7, 11) is 0. The van der Waals surface area contributed by atoms with Gasteiger partial charge in [0.05, 0.1) is 12.5 Å². The average Bonchev–Trinajstić information content (AvgIpc) is 2.81. The van der Waals surface area contributed by atoms with Gasteiger partial charge in [-0.3, -0.25) is 9.59 Å². The molecule has 1 aromatic carbocycles. The molecule has 0 saturated heterocycles. The van der Waals surface area contributed by atoms with Crippen LogP contribution in [0, 0.1) is 5.92 Å². The fourth-order valence-corrected chi connectivity index (χ4v) is 2.60. The molecule has 0 aromatic heterocycles. The molecule has 6 heteroatoms. The molecule has 0 heterocycles. The van der Waals surface area contributed by atoms with Gasteiger partial charge in [-0.2, -0.15) is 8.78 Å². The molecule has 0 unspecified atom stereocenters. The highest BCUT2D eigenvalue weighted by Gasteiger charge is 2.39. The molecular formula is C15H16F2O4. The first kappa shape index (κ1) is 15.4. The molecule has 114 valence electrons. The molecular weight excluding hydrogens is 282 g/mol. The van der Waals surface area contributed by atoms with Crippen LogP contribution in [0.4, 0.5) is 8.78 Å². The van der Waals surface area contributed by atoms with Gasteiger partial charge in [-0.05, 0) is 19.4 Å². The van der Waals surface area contributed by atoms with Gasteiger partial charge in [0.25, 0.3) is 0 Å². The monoisotopic (exact) mass is 298 g/mol. The quantitative estimate of drug-likeness (QED) is 0.784. The van der Waals surface area contributed by atoms with Crippen LogP contribution >= 0.6 is 0 Å². The Labute approximate surface area is 121 Å². The second kappa shape index (κ2) is 6.65. The summed E-state index contributed by atoms with van der Waals surface area (Å²) in [6.45, 7) is -1.01. The summed E-state index contributed by atoms with van der Waals surface area (Å²) in [6, 6.07) is 6.18. The molecule has 0 N–H and O–H groups in total. The van der Waals surface area contributed by atoms with Crippen molar-refractivity contribution in [3.8, 4) is 5.75 Å². The number of halogens is 2. The normalized spacial score (nSPS) is 21.6. The van der Waals surface area contributed by atoms with Crippen molar-refractivity contribution < 1.29 is 27.8 Å². The zero-order valence-corrected chi connectivity index (χ0v) is 11.6. The standard InChI is InChI=1S/C15H16F2O4/c1-2-20-14(19)9-7-11(12(18)8-9)10-5-3-4-6-13(10)21-15(16)17/h3-6,9,11,15H,2,7-8H2,1H3/t9-,11+/m0/s1. The molecule has 0 aliphatic heterocycles. The fraction of sp³-hybridized carbons (Fsp3) is 0.467. The number of Topliss-reactive ketones (excluding diaryl/α,β-unsaturated/α-hetero) is 1. The number of carbonyl (C=O) groups excluding carboxylic acids is 2. The molecule has 21 heavy (non-hydrogen) atoms. The number of hydrogen-bond acceptors (Lipinski definition) is 4. The first-order valence-corrected chi connectivity index (χ1v) is 6.76. The van der Waals surface area contributed by atoms with E-state index in [2.05, 4.69) is 4.74 Å². The Balaban J connectivity index is 2.19. The summed E-state index contributed by atoms with van der Waals surface area (Å²) >= 11 is 0. The van der Waals surface area contributed by atoms with E-state index in [0.29, 0.717) is 5.56 Å². The van der Waals surface area contributed by atoms with Gasteiger partial charge in [-0.15, -0.1) is 0 Å². The van der Waals surface area contributed by atoms with Crippen molar-refractivity contribution in [1.82, 2.24) is 0 Å². The van der Waals surface area contributed by atoms with E-state index in [1.165, 1.54) is 6.07 Å². The molecule has 2 rings (SSSR count). The molecule has 0 radical (unpaired) electrons. The molecule has 4 nitrogen and oxygen atoms in total. The number of alkyl halides is 2. The van der Waals surface area contributed by atoms with E-state index in [9.17, 15) is 18.4 Å². The summed E-state index contributed by atoms with van der Waals surface area (Å²) < 4.78 is 34.2. The van der Waals surface area contributed by atoms with Crippen molar-refractivity contribution in [2.24, 2.45) is 5.92 Å². The molecule has 0 amide bonds. The minimum Gasteiger partial charge on any atom is -0.466 e. The lowest BCUT2D eigenvalue weighted by Crippen LogP contribution is -2.15. The van der Waals surface area contributed by atoms with Gasteiger partial charge in [0.2, 0.25) is 0 Å². The third-order valence-electron chi connectivity index (χ3n) is 3.49. The Morgan fingerprint density at radius 2 is 2.10 bits per heavy atom. The van der Waals surface area contributed by atoms with Crippen LogP contribution < -0.4 is 4.74 Å². The Bertz CT molecular complexity index is 530. The lowest BCUT2D eigenvalue weighted by atomic mass is 9.95. The minimum absolute atomic E-state index is 0.0182. The summed E-state index contributed by atoms with van der Waals surface area (Å²) in [5.41, 5.74) is 0.398. The molecule has 1 saturated carbocycles. The van der Waals surface area contributed by atoms with E-state index in [4.69, 9.17) is 4.74 Å². The number of hydrogen-bond donors (Lipinski definition) is 0. The van der Waals surface area contributed by atoms with Crippen LogP contribution in [0.2, 0.25) is 0 Å². The number of ether oxygens (including phenoxy) is 2. The van der Waals surface area contributed by atoms with Crippen LogP contribution in [-0.2, 0) is 14.3 Å². The average molecular weight is 298 g/mol. The fourth-order valence-electron chi connectivity index (χ4n) is 2.60. The predicted molar refractivity (Wildman–Crippen MR) is 70.2 cm³/mol. The maximum Gasteiger partial charge on any atom is 0.387 e. The van der Waals surface area contributed by atoms with Crippen LogP contribution in [0.1, 0.15) is 31.2 Å². The van der Waals surface area contributed by atoms with Crippen molar-refractivity contribution in [2.45, 2.75) is 32.3 Å². The van der Waals surface area contributed by atoms with Crippen molar-refractivity contribution in [2.75, 3.05) is 6.61 Å². The van der Waals surface area contributed by atoms with Gasteiger partial charge in [0.15, 0.2) is 0 Å². The molecule has 1 fully saturated rings. The van der Waals surface area contributed by atoms with Gasteiger partial charge in [0.1, 0.15) is 11.5 Å².